The number of hydrogen-bond acceptors (Lipinski definition) is 5. The lowest BCUT2D eigenvalue weighted by molar-refractivity contribution is -0.132. The standard InChI is InChI=1S/C17H22N4O2/c1-11-9-18-10-15(19-11)16-5-4-8-21(16)17(22)7-6-14-12(2)20-23-13(14)3/h9-10,16H,4-8H2,1-3H3. The molecule has 0 bridgehead atoms. The van der Waals surface area contributed by atoms with Gasteiger partial charge in [-0.15, -0.1) is 0 Å². The van der Waals surface area contributed by atoms with Gasteiger partial charge in [-0.3, -0.25) is 14.8 Å². The molecule has 0 spiro atoms. The van der Waals surface area contributed by atoms with Crippen LogP contribution in [-0.4, -0.2) is 32.5 Å². The summed E-state index contributed by atoms with van der Waals surface area (Å²) in [7, 11) is 0. The number of aromatic nitrogens is 3. The van der Waals surface area contributed by atoms with E-state index in [1.54, 1.807) is 12.4 Å². The average Bonchev–Trinajstić information content (AvgIpc) is 3.13. The Balaban J connectivity index is 1.69. The van der Waals surface area contributed by atoms with E-state index in [1.807, 2.05) is 25.7 Å². The van der Waals surface area contributed by atoms with Gasteiger partial charge in [-0.05, 0) is 40.0 Å². The Morgan fingerprint density at radius 2 is 2.17 bits per heavy atom. The van der Waals surface area contributed by atoms with E-state index < -0.39 is 0 Å². The molecule has 1 aliphatic heterocycles. The number of aryl methyl sites for hydroxylation is 3. The van der Waals surface area contributed by atoms with Crippen LogP contribution in [0.25, 0.3) is 0 Å². The number of likely N-dealkylation sites (tertiary alicyclic amines) is 1. The molecule has 6 nitrogen and oxygen atoms in total. The van der Waals surface area contributed by atoms with Crippen molar-refractivity contribution in [2.45, 2.75) is 52.5 Å². The second-order valence-electron chi connectivity index (χ2n) is 6.13. The van der Waals surface area contributed by atoms with Crippen molar-refractivity contribution in [1.82, 2.24) is 20.0 Å². The fraction of sp³-hybridized carbons (Fsp3) is 0.529. The van der Waals surface area contributed by atoms with Crippen LogP contribution in [0.3, 0.4) is 0 Å². The highest BCUT2D eigenvalue weighted by atomic mass is 16.5. The van der Waals surface area contributed by atoms with Crippen LogP contribution >= 0.6 is 0 Å². The SMILES string of the molecule is Cc1cncc(C2CCCN2C(=O)CCc2c(C)noc2C)n1. The van der Waals surface area contributed by atoms with E-state index in [9.17, 15) is 4.79 Å². The van der Waals surface area contributed by atoms with Crippen LogP contribution in [0, 0.1) is 20.8 Å². The van der Waals surface area contributed by atoms with Crippen LogP contribution in [-0.2, 0) is 11.2 Å². The second kappa shape index (κ2) is 6.48. The van der Waals surface area contributed by atoms with Crippen molar-refractivity contribution < 1.29 is 9.32 Å². The molecule has 0 aliphatic carbocycles. The summed E-state index contributed by atoms with van der Waals surface area (Å²) in [5.41, 5.74) is 3.70. The molecular formula is C17H22N4O2. The Morgan fingerprint density at radius 3 is 2.87 bits per heavy atom. The highest BCUT2D eigenvalue weighted by molar-refractivity contribution is 5.77. The molecule has 1 aliphatic rings. The van der Waals surface area contributed by atoms with Crippen molar-refractivity contribution >= 4 is 5.91 Å². The molecule has 0 saturated carbocycles. The first-order valence-corrected chi connectivity index (χ1v) is 8.06. The summed E-state index contributed by atoms with van der Waals surface area (Å²) in [6, 6.07) is 0.0552. The van der Waals surface area contributed by atoms with E-state index in [2.05, 4.69) is 15.1 Å². The van der Waals surface area contributed by atoms with Crippen molar-refractivity contribution in [1.29, 1.82) is 0 Å². The first-order valence-electron chi connectivity index (χ1n) is 8.06. The molecule has 2 aromatic heterocycles. The lowest BCUT2D eigenvalue weighted by Gasteiger charge is -2.24. The summed E-state index contributed by atoms with van der Waals surface area (Å²) in [6.07, 6.45) is 6.62. The summed E-state index contributed by atoms with van der Waals surface area (Å²) < 4.78 is 5.16. The first kappa shape index (κ1) is 15.6. The summed E-state index contributed by atoms with van der Waals surface area (Å²) in [5.74, 6) is 0.966. The van der Waals surface area contributed by atoms with Crippen molar-refractivity contribution in [3.8, 4) is 0 Å². The molecule has 6 heteroatoms. The number of hydrogen-bond donors (Lipinski definition) is 0. The van der Waals surface area contributed by atoms with E-state index in [4.69, 9.17) is 4.52 Å². The molecule has 1 fully saturated rings. The topological polar surface area (TPSA) is 72.1 Å². The molecule has 0 aromatic carbocycles. The van der Waals surface area contributed by atoms with Crippen LogP contribution in [0.1, 0.15) is 53.7 Å². The van der Waals surface area contributed by atoms with Gasteiger partial charge in [-0.25, -0.2) is 0 Å². The summed E-state index contributed by atoms with van der Waals surface area (Å²) in [4.78, 5) is 23.4. The molecule has 122 valence electrons. The molecule has 1 unspecified atom stereocenters. The molecule has 0 radical (unpaired) electrons. The van der Waals surface area contributed by atoms with Gasteiger partial charge in [0.25, 0.3) is 0 Å². The minimum Gasteiger partial charge on any atom is -0.361 e. The van der Waals surface area contributed by atoms with Crippen LogP contribution in [0.4, 0.5) is 0 Å². The van der Waals surface area contributed by atoms with Crippen molar-refractivity contribution in [2.75, 3.05) is 6.54 Å². The number of carbonyl (C=O) groups excluding carboxylic acids is 1. The van der Waals surface area contributed by atoms with Gasteiger partial charge in [0, 0.05) is 24.7 Å². The normalized spacial score (nSPS) is 17.7. The van der Waals surface area contributed by atoms with E-state index in [1.165, 1.54) is 0 Å². The van der Waals surface area contributed by atoms with Gasteiger partial charge in [0.15, 0.2) is 0 Å². The molecule has 3 heterocycles. The Morgan fingerprint density at radius 1 is 1.35 bits per heavy atom. The fourth-order valence-corrected chi connectivity index (χ4v) is 3.25. The lowest BCUT2D eigenvalue weighted by Crippen LogP contribution is -2.31. The minimum atomic E-state index is 0.0552. The molecule has 2 aromatic rings. The molecule has 1 saturated heterocycles. The molecule has 1 atom stereocenters. The zero-order valence-corrected chi connectivity index (χ0v) is 13.9. The maximum atomic E-state index is 12.7. The van der Waals surface area contributed by atoms with Crippen LogP contribution < -0.4 is 0 Å². The number of nitrogens with zero attached hydrogens (tertiary/aromatic N) is 4. The van der Waals surface area contributed by atoms with Gasteiger partial charge < -0.3 is 9.42 Å². The van der Waals surface area contributed by atoms with Crippen molar-refractivity contribution in [2.24, 2.45) is 0 Å². The highest BCUT2D eigenvalue weighted by Gasteiger charge is 2.31. The predicted molar refractivity (Wildman–Crippen MR) is 84.8 cm³/mol. The quantitative estimate of drug-likeness (QED) is 0.867. The minimum absolute atomic E-state index is 0.0552. The summed E-state index contributed by atoms with van der Waals surface area (Å²) in [6.45, 7) is 6.52. The zero-order valence-electron chi connectivity index (χ0n) is 13.9. The Kier molecular flexibility index (Phi) is 4.41. The van der Waals surface area contributed by atoms with Gasteiger partial charge in [0.05, 0.1) is 29.3 Å². The van der Waals surface area contributed by atoms with E-state index in [0.29, 0.717) is 12.8 Å². The summed E-state index contributed by atoms with van der Waals surface area (Å²) >= 11 is 0. The van der Waals surface area contributed by atoms with Gasteiger partial charge >= 0.3 is 0 Å². The third kappa shape index (κ3) is 3.25. The number of carbonyl (C=O) groups is 1. The summed E-state index contributed by atoms with van der Waals surface area (Å²) in [5, 5.41) is 3.95. The maximum absolute atomic E-state index is 12.7. The first-order chi connectivity index (χ1) is 11.1. The zero-order chi connectivity index (χ0) is 16.4. The highest BCUT2D eigenvalue weighted by Crippen LogP contribution is 2.31. The smallest absolute Gasteiger partial charge is 0.223 e. The van der Waals surface area contributed by atoms with Gasteiger partial charge in [0.2, 0.25) is 5.91 Å². The lowest BCUT2D eigenvalue weighted by atomic mass is 10.1. The van der Waals surface area contributed by atoms with Crippen LogP contribution in [0.15, 0.2) is 16.9 Å². The third-order valence-corrected chi connectivity index (χ3v) is 4.46. The second-order valence-corrected chi connectivity index (χ2v) is 6.13. The van der Waals surface area contributed by atoms with Gasteiger partial charge in [-0.1, -0.05) is 5.16 Å². The van der Waals surface area contributed by atoms with E-state index in [0.717, 1.165) is 47.8 Å². The molecule has 3 rings (SSSR count). The monoisotopic (exact) mass is 314 g/mol. The molecule has 23 heavy (non-hydrogen) atoms. The Hall–Kier alpha value is -2.24. The molecular weight excluding hydrogens is 292 g/mol. The van der Waals surface area contributed by atoms with Crippen LogP contribution in [0.5, 0.6) is 0 Å². The van der Waals surface area contributed by atoms with Crippen molar-refractivity contribution in [3.05, 3.63) is 40.8 Å². The van der Waals surface area contributed by atoms with E-state index in [-0.39, 0.29) is 11.9 Å². The fourth-order valence-electron chi connectivity index (χ4n) is 3.25. The largest absolute Gasteiger partial charge is 0.361 e. The van der Waals surface area contributed by atoms with Gasteiger partial charge in [0.1, 0.15) is 5.76 Å². The maximum Gasteiger partial charge on any atom is 0.223 e. The van der Waals surface area contributed by atoms with Crippen molar-refractivity contribution in [3.63, 3.8) is 0 Å². The molecule has 1 amide bonds. The Labute approximate surface area is 135 Å². The van der Waals surface area contributed by atoms with Gasteiger partial charge in [-0.2, -0.15) is 0 Å². The van der Waals surface area contributed by atoms with Crippen LogP contribution in [0.2, 0.25) is 0 Å². The third-order valence-electron chi connectivity index (χ3n) is 4.46. The predicted octanol–water partition coefficient (Wildman–Crippen LogP) is 2.69. The number of amides is 1. The number of rotatable bonds is 4. The Bertz CT molecular complexity index is 691. The average molecular weight is 314 g/mol. The van der Waals surface area contributed by atoms with E-state index >= 15 is 0 Å². The molecule has 0 N–H and O–H groups in total.